The fourth-order valence-corrected chi connectivity index (χ4v) is 2.26. The van der Waals surface area contributed by atoms with Gasteiger partial charge in [0, 0.05) is 16.6 Å². The van der Waals surface area contributed by atoms with Crippen molar-refractivity contribution in [3.8, 4) is 11.8 Å². The maximum Gasteiger partial charge on any atom is 0.408 e. The summed E-state index contributed by atoms with van der Waals surface area (Å²) in [7, 11) is 0. The van der Waals surface area contributed by atoms with Gasteiger partial charge in [-0.25, -0.2) is 4.79 Å². The van der Waals surface area contributed by atoms with Crippen LogP contribution < -0.4 is 5.32 Å². The number of nitrogens with one attached hydrogen (secondary N) is 2. The van der Waals surface area contributed by atoms with E-state index in [1.54, 1.807) is 0 Å². The van der Waals surface area contributed by atoms with E-state index < -0.39 is 6.09 Å². The zero-order chi connectivity index (χ0) is 16.8. The quantitative estimate of drug-likeness (QED) is 0.729. The van der Waals surface area contributed by atoms with Crippen molar-refractivity contribution in [2.24, 2.45) is 0 Å². The highest BCUT2D eigenvalue weighted by atomic mass is 16.5. The van der Waals surface area contributed by atoms with E-state index in [0.717, 1.165) is 27.7 Å². The van der Waals surface area contributed by atoms with Gasteiger partial charge in [0.1, 0.15) is 6.61 Å². The number of aromatic amines is 1. The van der Waals surface area contributed by atoms with Gasteiger partial charge in [-0.15, -0.1) is 0 Å². The number of alkyl carbamates (subject to hydrolysis) is 1. The summed E-state index contributed by atoms with van der Waals surface area (Å²) in [5.41, 5.74) is 3.72. The lowest BCUT2D eigenvalue weighted by molar-refractivity contribution is 0.141. The molecule has 0 atom stereocenters. The molecule has 2 N–H and O–H groups in total. The minimum absolute atomic E-state index is 0.227. The molecule has 24 heavy (non-hydrogen) atoms. The van der Waals surface area contributed by atoms with Gasteiger partial charge in [-0.05, 0) is 30.7 Å². The molecule has 0 spiro atoms. The van der Waals surface area contributed by atoms with Crippen LogP contribution in [0.4, 0.5) is 4.79 Å². The summed E-state index contributed by atoms with van der Waals surface area (Å²) < 4.78 is 5.11. The Hall–Kier alpha value is -3.26. The maximum atomic E-state index is 11.6. The Labute approximate surface area is 140 Å². The third kappa shape index (κ3) is 3.93. The number of aromatic nitrogens is 2. The van der Waals surface area contributed by atoms with Crippen LogP contribution in [0.5, 0.6) is 0 Å². The zero-order valence-corrected chi connectivity index (χ0v) is 13.3. The molecule has 5 nitrogen and oxygen atoms in total. The van der Waals surface area contributed by atoms with E-state index in [4.69, 9.17) is 4.74 Å². The van der Waals surface area contributed by atoms with Crippen LogP contribution in [-0.4, -0.2) is 22.8 Å². The number of carbonyl (C=O) groups excluding carboxylic acids is 1. The Balaban J connectivity index is 1.48. The summed E-state index contributed by atoms with van der Waals surface area (Å²) in [5, 5.41) is 10.8. The van der Waals surface area contributed by atoms with Crippen LogP contribution >= 0.6 is 0 Å². The molecule has 1 amide bonds. The highest BCUT2D eigenvalue weighted by molar-refractivity contribution is 5.82. The molecule has 0 aliphatic rings. The third-order valence-corrected chi connectivity index (χ3v) is 3.51. The van der Waals surface area contributed by atoms with E-state index >= 15 is 0 Å². The third-order valence-electron chi connectivity index (χ3n) is 3.51. The molecular weight excluding hydrogens is 302 g/mol. The largest absolute Gasteiger partial charge is 0.445 e. The molecule has 0 bridgehead atoms. The number of H-pyrrole nitrogens is 1. The van der Waals surface area contributed by atoms with Crippen molar-refractivity contribution >= 4 is 17.0 Å². The van der Waals surface area contributed by atoms with Crippen molar-refractivity contribution < 1.29 is 9.53 Å². The lowest BCUT2D eigenvalue weighted by atomic mass is 10.1. The van der Waals surface area contributed by atoms with Crippen LogP contribution in [0.25, 0.3) is 10.9 Å². The Morgan fingerprint density at radius 2 is 2.08 bits per heavy atom. The van der Waals surface area contributed by atoms with Gasteiger partial charge in [-0.3, -0.25) is 5.10 Å². The summed E-state index contributed by atoms with van der Waals surface area (Å²) in [6.07, 6.45) is -0.480. The smallest absolute Gasteiger partial charge is 0.408 e. The first-order valence-corrected chi connectivity index (χ1v) is 7.60. The molecule has 0 unspecified atom stereocenters. The van der Waals surface area contributed by atoms with Crippen LogP contribution in [0.2, 0.25) is 0 Å². The predicted molar refractivity (Wildman–Crippen MR) is 92.3 cm³/mol. The first-order valence-electron chi connectivity index (χ1n) is 7.60. The minimum Gasteiger partial charge on any atom is -0.445 e. The molecule has 1 heterocycles. The van der Waals surface area contributed by atoms with Crippen molar-refractivity contribution in [1.29, 1.82) is 0 Å². The van der Waals surface area contributed by atoms with Crippen LogP contribution in [-0.2, 0) is 11.3 Å². The number of aryl methyl sites for hydroxylation is 1. The Bertz CT molecular complexity index is 905. The number of ether oxygens (including phenoxy) is 1. The lowest BCUT2D eigenvalue weighted by Crippen LogP contribution is -2.24. The molecule has 1 aromatic heterocycles. The van der Waals surface area contributed by atoms with E-state index in [1.165, 1.54) is 0 Å². The van der Waals surface area contributed by atoms with Gasteiger partial charge in [-0.1, -0.05) is 42.2 Å². The second-order valence-corrected chi connectivity index (χ2v) is 5.30. The van der Waals surface area contributed by atoms with Crippen LogP contribution in [0.3, 0.4) is 0 Å². The predicted octanol–water partition coefficient (Wildman–Crippen LogP) is 3.15. The highest BCUT2D eigenvalue weighted by Crippen LogP contribution is 2.15. The molecule has 0 radical (unpaired) electrons. The van der Waals surface area contributed by atoms with E-state index in [1.807, 2.05) is 55.5 Å². The monoisotopic (exact) mass is 319 g/mol. The van der Waals surface area contributed by atoms with E-state index in [9.17, 15) is 4.79 Å². The van der Waals surface area contributed by atoms with Crippen molar-refractivity contribution in [3.05, 3.63) is 65.4 Å². The molecule has 0 fully saturated rings. The van der Waals surface area contributed by atoms with Crippen molar-refractivity contribution in [3.63, 3.8) is 0 Å². The number of hydrogen-bond donors (Lipinski definition) is 2. The molecule has 2 aromatic carbocycles. The van der Waals surface area contributed by atoms with E-state index in [-0.39, 0.29) is 13.2 Å². The molecule has 0 saturated heterocycles. The van der Waals surface area contributed by atoms with Crippen LogP contribution in [0, 0.1) is 18.8 Å². The molecule has 0 aliphatic carbocycles. The number of benzene rings is 2. The first kappa shape index (κ1) is 15.6. The molecular formula is C19H17N3O2. The summed E-state index contributed by atoms with van der Waals surface area (Å²) in [6.45, 7) is 2.45. The summed E-state index contributed by atoms with van der Waals surface area (Å²) in [4.78, 5) is 11.6. The number of amides is 1. The molecule has 0 aliphatic heterocycles. The summed E-state index contributed by atoms with van der Waals surface area (Å²) in [6, 6.07) is 15.4. The number of nitrogens with zero attached hydrogens (tertiary/aromatic N) is 1. The van der Waals surface area contributed by atoms with Gasteiger partial charge in [0.05, 0.1) is 12.1 Å². The van der Waals surface area contributed by atoms with Crippen molar-refractivity contribution in [2.75, 3.05) is 6.54 Å². The average molecular weight is 319 g/mol. The van der Waals surface area contributed by atoms with Gasteiger partial charge in [-0.2, -0.15) is 5.10 Å². The fraction of sp³-hybridized carbons (Fsp3) is 0.158. The zero-order valence-electron chi connectivity index (χ0n) is 13.3. The topological polar surface area (TPSA) is 67.0 Å². The second-order valence-electron chi connectivity index (χ2n) is 5.30. The van der Waals surface area contributed by atoms with E-state index in [2.05, 4.69) is 27.4 Å². The second kappa shape index (κ2) is 7.34. The number of rotatable bonds is 3. The average Bonchev–Trinajstić information content (AvgIpc) is 2.98. The molecule has 5 heteroatoms. The fourth-order valence-electron chi connectivity index (χ4n) is 2.26. The standard InChI is InChI=1S/C19H17N3O2/c1-14-17-10-9-15(12-18(17)22-21-14)8-5-11-20-19(23)24-13-16-6-3-2-4-7-16/h2-4,6-7,9-10,12H,11,13H2,1H3,(H,20,23)(H,21,22). The van der Waals surface area contributed by atoms with Crippen molar-refractivity contribution in [2.45, 2.75) is 13.5 Å². The molecule has 3 aromatic rings. The van der Waals surface area contributed by atoms with Gasteiger partial charge >= 0.3 is 6.09 Å². The van der Waals surface area contributed by atoms with Gasteiger partial charge in [0.25, 0.3) is 0 Å². The van der Waals surface area contributed by atoms with Crippen LogP contribution in [0.1, 0.15) is 16.8 Å². The maximum absolute atomic E-state index is 11.6. The molecule has 120 valence electrons. The van der Waals surface area contributed by atoms with Gasteiger partial charge < -0.3 is 10.1 Å². The summed E-state index contributed by atoms with van der Waals surface area (Å²) in [5.74, 6) is 5.90. The van der Waals surface area contributed by atoms with Crippen LogP contribution in [0.15, 0.2) is 48.5 Å². The van der Waals surface area contributed by atoms with E-state index in [0.29, 0.717) is 0 Å². The molecule has 3 rings (SSSR count). The number of carbonyl (C=O) groups is 1. The Morgan fingerprint density at radius 3 is 2.92 bits per heavy atom. The SMILES string of the molecule is Cc1[nH]nc2cc(C#CCNC(=O)OCc3ccccc3)ccc12. The number of fused-ring (bicyclic) bond motifs is 1. The Kier molecular flexibility index (Phi) is 4.78. The number of hydrogen-bond acceptors (Lipinski definition) is 3. The normalized spacial score (nSPS) is 10.0. The van der Waals surface area contributed by atoms with Crippen molar-refractivity contribution in [1.82, 2.24) is 15.5 Å². The van der Waals surface area contributed by atoms with Gasteiger partial charge in [0.15, 0.2) is 0 Å². The Morgan fingerprint density at radius 1 is 1.25 bits per heavy atom. The minimum atomic E-state index is -0.480. The lowest BCUT2D eigenvalue weighted by Gasteiger charge is -2.04. The van der Waals surface area contributed by atoms with Gasteiger partial charge in [0.2, 0.25) is 0 Å². The first-order chi connectivity index (χ1) is 11.7. The molecule has 0 saturated carbocycles. The highest BCUT2D eigenvalue weighted by Gasteiger charge is 2.01. The summed E-state index contributed by atoms with van der Waals surface area (Å²) >= 11 is 0.